The molecule has 0 unspecified atom stereocenters. The summed E-state index contributed by atoms with van der Waals surface area (Å²) in [5.41, 5.74) is 3.75. The second kappa shape index (κ2) is 12.8. The predicted octanol–water partition coefficient (Wildman–Crippen LogP) is 3.18. The normalized spacial score (nSPS) is 13.3. The number of esters is 1. The molecular formula is C26H42N2O8S. The molecule has 1 aromatic rings. The number of carbonyl (C=O) groups is 3. The number of ether oxygens (including phenoxy) is 1. The third kappa shape index (κ3) is 11.2. The van der Waals surface area contributed by atoms with Gasteiger partial charge in [-0.15, -0.1) is 5.48 Å². The first-order valence-electron chi connectivity index (χ1n) is 12.3. The van der Waals surface area contributed by atoms with Gasteiger partial charge in [0, 0.05) is 23.9 Å². The number of nitrogens with one attached hydrogen (secondary N) is 2. The van der Waals surface area contributed by atoms with Crippen LogP contribution in [-0.2, 0) is 34.7 Å². The number of benzene rings is 1. The summed E-state index contributed by atoms with van der Waals surface area (Å²) in [4.78, 5) is 43.7. The number of rotatable bonds is 13. The highest BCUT2D eigenvalue weighted by Crippen LogP contribution is 2.37. The van der Waals surface area contributed by atoms with E-state index >= 15 is 0 Å². The first kappa shape index (κ1) is 32.5. The molecule has 0 heterocycles. The van der Waals surface area contributed by atoms with Gasteiger partial charge in [0.1, 0.15) is 11.6 Å². The van der Waals surface area contributed by atoms with Crippen molar-refractivity contribution in [1.29, 1.82) is 0 Å². The monoisotopic (exact) mass is 542 g/mol. The van der Waals surface area contributed by atoms with Gasteiger partial charge < -0.3 is 14.9 Å². The Morgan fingerprint density at radius 1 is 1.05 bits per heavy atom. The van der Waals surface area contributed by atoms with E-state index in [4.69, 9.17) is 14.1 Å². The third-order valence-corrected chi connectivity index (χ3v) is 6.27. The maximum absolute atomic E-state index is 12.8. The van der Waals surface area contributed by atoms with Crippen molar-refractivity contribution in [1.82, 2.24) is 10.8 Å². The van der Waals surface area contributed by atoms with E-state index in [0.29, 0.717) is 5.75 Å². The van der Waals surface area contributed by atoms with Crippen LogP contribution in [0.25, 0.3) is 0 Å². The SMILES string of the molecule is Cc1cc(C)c(C(C)(C)CC(=O)NCCCS(=O)(=O)O)c(ON[C@H](C(=O)C(=O)OC(C)(C)C)C(C)C)c1. The summed E-state index contributed by atoms with van der Waals surface area (Å²) in [6, 6.07) is 2.79. The van der Waals surface area contributed by atoms with Gasteiger partial charge in [-0.05, 0) is 64.2 Å². The standard InChI is InChI=1S/C26H42N2O8S/c1-16(2)22(23(30)24(31)35-25(5,6)7)28-36-19-14-17(3)13-18(4)21(19)26(8,9)15-20(29)27-11-10-12-37(32,33)34/h13-14,16,22,28H,10-12,15H2,1-9H3,(H,27,29)(H,32,33,34)/t22-/m0/s1. The minimum absolute atomic E-state index is 0.0730. The van der Waals surface area contributed by atoms with Crippen LogP contribution in [0.3, 0.4) is 0 Å². The lowest BCUT2D eigenvalue weighted by molar-refractivity contribution is -0.164. The van der Waals surface area contributed by atoms with Crippen LogP contribution in [-0.4, -0.2) is 54.6 Å². The number of aryl methyl sites for hydroxylation is 2. The van der Waals surface area contributed by atoms with Gasteiger partial charge in [-0.25, -0.2) is 4.79 Å². The van der Waals surface area contributed by atoms with E-state index in [2.05, 4.69) is 10.8 Å². The van der Waals surface area contributed by atoms with Crippen LogP contribution >= 0.6 is 0 Å². The third-order valence-electron chi connectivity index (χ3n) is 5.47. The van der Waals surface area contributed by atoms with Crippen LogP contribution in [0.1, 0.15) is 78.0 Å². The van der Waals surface area contributed by atoms with Crippen molar-refractivity contribution in [2.45, 2.75) is 92.2 Å². The van der Waals surface area contributed by atoms with E-state index in [1.807, 2.05) is 33.8 Å². The molecule has 11 heteroatoms. The zero-order chi connectivity index (χ0) is 28.8. The average Bonchev–Trinajstić information content (AvgIpc) is 2.67. The van der Waals surface area contributed by atoms with Gasteiger partial charge in [0.05, 0.1) is 5.75 Å². The largest absolute Gasteiger partial charge is 0.454 e. The molecule has 0 aliphatic carbocycles. The predicted molar refractivity (Wildman–Crippen MR) is 141 cm³/mol. The molecule has 1 amide bonds. The molecule has 1 atom stereocenters. The first-order valence-corrected chi connectivity index (χ1v) is 13.9. The molecule has 210 valence electrons. The highest BCUT2D eigenvalue weighted by molar-refractivity contribution is 7.85. The molecule has 0 bridgehead atoms. The fourth-order valence-corrected chi connectivity index (χ4v) is 4.49. The summed E-state index contributed by atoms with van der Waals surface area (Å²) in [5, 5.41) is 2.68. The summed E-state index contributed by atoms with van der Waals surface area (Å²) < 4.78 is 35.8. The molecule has 37 heavy (non-hydrogen) atoms. The maximum Gasteiger partial charge on any atom is 0.376 e. The maximum atomic E-state index is 12.8. The van der Waals surface area contributed by atoms with E-state index in [-0.39, 0.29) is 31.2 Å². The van der Waals surface area contributed by atoms with Crippen molar-refractivity contribution in [2.75, 3.05) is 12.3 Å². The molecule has 1 aromatic carbocycles. The molecule has 0 aliphatic heterocycles. The van der Waals surface area contributed by atoms with Gasteiger partial charge in [-0.2, -0.15) is 8.42 Å². The number of hydroxylamine groups is 1. The van der Waals surface area contributed by atoms with Gasteiger partial charge in [0.25, 0.3) is 15.9 Å². The van der Waals surface area contributed by atoms with Crippen molar-refractivity contribution in [3.63, 3.8) is 0 Å². The Morgan fingerprint density at radius 2 is 1.65 bits per heavy atom. The molecule has 0 saturated heterocycles. The molecule has 0 aliphatic rings. The van der Waals surface area contributed by atoms with Crippen molar-refractivity contribution in [2.24, 2.45) is 5.92 Å². The summed E-state index contributed by atoms with van der Waals surface area (Å²) >= 11 is 0. The lowest BCUT2D eigenvalue weighted by atomic mass is 9.78. The molecule has 0 fully saturated rings. The van der Waals surface area contributed by atoms with E-state index in [0.717, 1.165) is 16.7 Å². The Hall–Kier alpha value is -2.50. The van der Waals surface area contributed by atoms with Crippen LogP contribution in [0.5, 0.6) is 5.75 Å². The molecule has 0 spiro atoms. The minimum atomic E-state index is -4.08. The van der Waals surface area contributed by atoms with Gasteiger partial charge in [-0.1, -0.05) is 33.8 Å². The second-order valence-corrected chi connectivity index (χ2v) is 12.9. The zero-order valence-corrected chi connectivity index (χ0v) is 24.2. The molecule has 3 N–H and O–H groups in total. The molecule has 0 saturated carbocycles. The Bertz CT molecular complexity index is 1090. The Labute approximate surface area is 220 Å². The van der Waals surface area contributed by atoms with E-state index < -0.39 is 44.7 Å². The number of Topliss-reactive ketones (excluding diaryl/α,β-unsaturated/α-hetero) is 1. The van der Waals surface area contributed by atoms with E-state index in [9.17, 15) is 22.8 Å². The van der Waals surface area contributed by atoms with Crippen molar-refractivity contribution < 1.29 is 36.9 Å². The lowest BCUT2D eigenvalue weighted by Crippen LogP contribution is -2.48. The van der Waals surface area contributed by atoms with Gasteiger partial charge in [-0.3, -0.25) is 14.1 Å². The quantitative estimate of drug-likeness (QED) is 0.112. The van der Waals surface area contributed by atoms with E-state index in [1.54, 1.807) is 40.7 Å². The summed E-state index contributed by atoms with van der Waals surface area (Å²) in [6.45, 7) is 16.3. The van der Waals surface area contributed by atoms with Gasteiger partial charge in [0.15, 0.2) is 5.75 Å². The minimum Gasteiger partial charge on any atom is -0.454 e. The molecule has 0 aromatic heterocycles. The highest BCUT2D eigenvalue weighted by Gasteiger charge is 2.34. The van der Waals surface area contributed by atoms with Gasteiger partial charge in [0.2, 0.25) is 5.91 Å². The number of carbonyl (C=O) groups excluding carboxylic acids is 3. The average molecular weight is 543 g/mol. The van der Waals surface area contributed by atoms with Crippen LogP contribution in [0.2, 0.25) is 0 Å². The fourth-order valence-electron chi connectivity index (χ4n) is 3.99. The Kier molecular flexibility index (Phi) is 11.3. The smallest absolute Gasteiger partial charge is 0.376 e. The lowest BCUT2D eigenvalue weighted by Gasteiger charge is -2.30. The van der Waals surface area contributed by atoms with Crippen molar-refractivity contribution in [3.8, 4) is 5.75 Å². The molecule has 10 nitrogen and oxygen atoms in total. The summed E-state index contributed by atoms with van der Waals surface area (Å²) in [7, 11) is -4.08. The van der Waals surface area contributed by atoms with Crippen LogP contribution in [0.15, 0.2) is 12.1 Å². The number of hydrogen-bond donors (Lipinski definition) is 3. The first-order chi connectivity index (χ1) is 16.7. The number of hydrogen-bond acceptors (Lipinski definition) is 8. The van der Waals surface area contributed by atoms with E-state index in [1.165, 1.54) is 0 Å². The van der Waals surface area contributed by atoms with Crippen LogP contribution < -0.4 is 15.6 Å². The number of ketones is 1. The molecular weight excluding hydrogens is 500 g/mol. The Balaban J connectivity index is 3.09. The van der Waals surface area contributed by atoms with Crippen molar-refractivity contribution >= 4 is 27.8 Å². The highest BCUT2D eigenvalue weighted by atomic mass is 32.2. The Morgan fingerprint density at radius 3 is 2.16 bits per heavy atom. The molecule has 0 radical (unpaired) electrons. The van der Waals surface area contributed by atoms with Crippen molar-refractivity contribution in [3.05, 3.63) is 28.8 Å². The summed E-state index contributed by atoms with van der Waals surface area (Å²) in [5.74, 6) is -2.29. The number of amides is 1. The van der Waals surface area contributed by atoms with Crippen LogP contribution in [0, 0.1) is 19.8 Å². The van der Waals surface area contributed by atoms with Crippen LogP contribution in [0.4, 0.5) is 0 Å². The fraction of sp³-hybridized carbons (Fsp3) is 0.654. The van der Waals surface area contributed by atoms with Gasteiger partial charge >= 0.3 is 5.97 Å². The summed E-state index contributed by atoms with van der Waals surface area (Å²) in [6.07, 6.45) is 0.165. The zero-order valence-electron chi connectivity index (χ0n) is 23.4. The topological polar surface area (TPSA) is 148 Å². The second-order valence-electron chi connectivity index (χ2n) is 11.3. The molecule has 1 rings (SSSR count).